The van der Waals surface area contributed by atoms with E-state index >= 15 is 0 Å². The zero-order valence-electron chi connectivity index (χ0n) is 14.6. The molecule has 0 aliphatic rings. The summed E-state index contributed by atoms with van der Waals surface area (Å²) in [6.45, 7) is 1.44. The highest BCUT2D eigenvalue weighted by Gasteiger charge is 2.30. The topological polar surface area (TPSA) is 67.0 Å². The van der Waals surface area contributed by atoms with Crippen LogP contribution in [0.4, 0.5) is 18.9 Å². The minimum absolute atomic E-state index is 0.251. The van der Waals surface area contributed by atoms with Gasteiger partial charge in [0.05, 0.1) is 16.9 Å². The standard InChI is InChI=1S/C19H15ClF3N3O2/c1-11-17(24-16(27)10-28-15-8-6-14(20)7-9-15)18(26-25-11)12-2-4-13(5-3-12)19(21,22)23/h2-9H,10H2,1H3,(H,24,27)(H,25,26). The van der Waals surface area contributed by atoms with Crippen molar-refractivity contribution in [2.45, 2.75) is 13.1 Å². The lowest BCUT2D eigenvalue weighted by Crippen LogP contribution is -2.20. The summed E-state index contributed by atoms with van der Waals surface area (Å²) in [6, 6.07) is 11.1. The van der Waals surface area contributed by atoms with E-state index < -0.39 is 17.6 Å². The largest absolute Gasteiger partial charge is 0.484 e. The minimum atomic E-state index is -4.42. The van der Waals surface area contributed by atoms with Crippen LogP contribution >= 0.6 is 11.6 Å². The van der Waals surface area contributed by atoms with Gasteiger partial charge in [-0.1, -0.05) is 23.7 Å². The number of nitrogens with one attached hydrogen (secondary N) is 2. The van der Waals surface area contributed by atoms with Crippen LogP contribution in [0, 0.1) is 6.92 Å². The predicted octanol–water partition coefficient (Wildman–Crippen LogP) is 5.07. The van der Waals surface area contributed by atoms with Crippen LogP contribution in [0.5, 0.6) is 5.75 Å². The zero-order chi connectivity index (χ0) is 20.3. The molecule has 146 valence electrons. The molecule has 0 atom stereocenters. The summed E-state index contributed by atoms with van der Waals surface area (Å²) in [5, 5.41) is 10.0. The number of hydrogen-bond acceptors (Lipinski definition) is 3. The number of aryl methyl sites for hydroxylation is 1. The molecule has 0 aliphatic carbocycles. The minimum Gasteiger partial charge on any atom is -0.484 e. The van der Waals surface area contributed by atoms with Crippen LogP contribution in [-0.4, -0.2) is 22.7 Å². The van der Waals surface area contributed by atoms with E-state index in [4.69, 9.17) is 16.3 Å². The second kappa shape index (κ2) is 7.93. The van der Waals surface area contributed by atoms with Gasteiger partial charge >= 0.3 is 6.18 Å². The Kier molecular flexibility index (Phi) is 5.60. The van der Waals surface area contributed by atoms with Gasteiger partial charge in [0.1, 0.15) is 11.4 Å². The van der Waals surface area contributed by atoms with E-state index in [1.165, 1.54) is 12.1 Å². The van der Waals surface area contributed by atoms with Gasteiger partial charge < -0.3 is 10.1 Å². The molecule has 2 aromatic carbocycles. The molecule has 0 fully saturated rings. The van der Waals surface area contributed by atoms with Crippen LogP contribution in [0.1, 0.15) is 11.3 Å². The van der Waals surface area contributed by atoms with Crippen molar-refractivity contribution >= 4 is 23.2 Å². The fraction of sp³-hybridized carbons (Fsp3) is 0.158. The quantitative estimate of drug-likeness (QED) is 0.618. The molecule has 28 heavy (non-hydrogen) atoms. The van der Waals surface area contributed by atoms with Crippen molar-refractivity contribution < 1.29 is 22.7 Å². The van der Waals surface area contributed by atoms with Gasteiger partial charge in [-0.05, 0) is 43.3 Å². The number of halogens is 4. The first-order valence-corrected chi connectivity index (χ1v) is 8.52. The molecule has 3 aromatic rings. The molecule has 1 heterocycles. The molecule has 0 radical (unpaired) electrons. The maximum Gasteiger partial charge on any atom is 0.416 e. The second-order valence-electron chi connectivity index (χ2n) is 5.94. The summed E-state index contributed by atoms with van der Waals surface area (Å²) < 4.78 is 43.6. The van der Waals surface area contributed by atoms with Crippen molar-refractivity contribution in [3.63, 3.8) is 0 Å². The van der Waals surface area contributed by atoms with Gasteiger partial charge in [-0.2, -0.15) is 18.3 Å². The van der Waals surface area contributed by atoms with Crippen molar-refractivity contribution in [2.75, 3.05) is 11.9 Å². The number of carbonyl (C=O) groups is 1. The van der Waals surface area contributed by atoms with E-state index in [1.807, 2.05) is 0 Å². The number of aromatic nitrogens is 2. The highest BCUT2D eigenvalue weighted by Crippen LogP contribution is 2.33. The van der Waals surface area contributed by atoms with Gasteiger partial charge in [0.2, 0.25) is 0 Å². The van der Waals surface area contributed by atoms with Gasteiger partial charge in [0, 0.05) is 10.6 Å². The molecule has 2 N–H and O–H groups in total. The van der Waals surface area contributed by atoms with Crippen LogP contribution in [0.3, 0.4) is 0 Å². The Morgan fingerprint density at radius 1 is 1.14 bits per heavy atom. The summed E-state index contributed by atoms with van der Waals surface area (Å²) >= 11 is 5.79. The number of amides is 1. The van der Waals surface area contributed by atoms with Gasteiger partial charge in [0.25, 0.3) is 5.91 Å². The van der Waals surface area contributed by atoms with Crippen LogP contribution in [0.15, 0.2) is 48.5 Å². The monoisotopic (exact) mass is 409 g/mol. The molecule has 0 bridgehead atoms. The number of alkyl halides is 3. The lowest BCUT2D eigenvalue weighted by molar-refractivity contribution is -0.137. The van der Waals surface area contributed by atoms with Gasteiger partial charge in [-0.3, -0.25) is 9.89 Å². The average Bonchev–Trinajstić information content (AvgIpc) is 3.01. The smallest absolute Gasteiger partial charge is 0.416 e. The predicted molar refractivity (Wildman–Crippen MR) is 99.3 cm³/mol. The summed E-state index contributed by atoms with van der Waals surface area (Å²) in [6.07, 6.45) is -4.42. The Hall–Kier alpha value is -3.00. The first-order valence-electron chi connectivity index (χ1n) is 8.15. The van der Waals surface area contributed by atoms with Crippen molar-refractivity contribution in [2.24, 2.45) is 0 Å². The molecule has 0 aliphatic heterocycles. The summed E-state index contributed by atoms with van der Waals surface area (Å²) in [5.74, 6) is 0.0408. The van der Waals surface area contributed by atoms with Crippen molar-refractivity contribution in [3.05, 3.63) is 64.8 Å². The second-order valence-corrected chi connectivity index (χ2v) is 6.37. The third-order valence-corrected chi connectivity index (χ3v) is 4.13. The molecule has 3 rings (SSSR count). The first kappa shape index (κ1) is 19.8. The number of benzene rings is 2. The molecule has 5 nitrogen and oxygen atoms in total. The molecule has 1 amide bonds. The Bertz CT molecular complexity index is 968. The number of hydrogen-bond donors (Lipinski definition) is 2. The number of anilines is 1. The molecule has 0 unspecified atom stereocenters. The third kappa shape index (κ3) is 4.64. The van der Waals surface area contributed by atoms with Crippen molar-refractivity contribution in [1.82, 2.24) is 10.2 Å². The van der Waals surface area contributed by atoms with Crippen LogP contribution in [0.2, 0.25) is 5.02 Å². The van der Waals surface area contributed by atoms with Crippen LogP contribution in [0.25, 0.3) is 11.3 Å². The number of aromatic amines is 1. The Balaban J connectivity index is 1.72. The molecular formula is C19H15ClF3N3O2. The highest BCUT2D eigenvalue weighted by molar-refractivity contribution is 6.30. The van der Waals surface area contributed by atoms with Crippen LogP contribution < -0.4 is 10.1 Å². The first-order chi connectivity index (χ1) is 13.2. The lowest BCUT2D eigenvalue weighted by atomic mass is 10.1. The van der Waals surface area contributed by atoms with E-state index in [0.717, 1.165) is 12.1 Å². The SMILES string of the molecule is Cc1[nH]nc(-c2ccc(C(F)(F)F)cc2)c1NC(=O)COc1ccc(Cl)cc1. The van der Waals surface area contributed by atoms with E-state index in [2.05, 4.69) is 15.5 Å². The molecular weight excluding hydrogens is 395 g/mol. The molecule has 0 spiro atoms. The van der Waals surface area contributed by atoms with Crippen molar-refractivity contribution in [1.29, 1.82) is 0 Å². The lowest BCUT2D eigenvalue weighted by Gasteiger charge is -2.10. The maximum absolute atomic E-state index is 12.7. The summed E-state index contributed by atoms with van der Waals surface area (Å²) in [4.78, 5) is 12.2. The van der Waals surface area contributed by atoms with Gasteiger partial charge in [-0.25, -0.2) is 0 Å². The van der Waals surface area contributed by atoms with E-state index in [9.17, 15) is 18.0 Å². The Morgan fingerprint density at radius 2 is 1.79 bits per heavy atom. The fourth-order valence-corrected chi connectivity index (χ4v) is 2.59. The number of nitrogens with zero attached hydrogens (tertiary/aromatic N) is 1. The summed E-state index contributed by atoms with van der Waals surface area (Å²) in [5.41, 5.74) is 0.960. The Morgan fingerprint density at radius 3 is 2.39 bits per heavy atom. The average molecular weight is 410 g/mol. The van der Waals surface area contributed by atoms with E-state index in [0.29, 0.717) is 33.4 Å². The molecule has 9 heteroatoms. The molecule has 1 aromatic heterocycles. The fourth-order valence-electron chi connectivity index (χ4n) is 2.46. The van der Waals surface area contributed by atoms with Crippen molar-refractivity contribution in [3.8, 4) is 17.0 Å². The van der Waals surface area contributed by atoms with E-state index in [-0.39, 0.29) is 6.61 Å². The molecule has 0 saturated carbocycles. The summed E-state index contributed by atoms with van der Waals surface area (Å²) in [7, 11) is 0. The Labute approximate surface area is 163 Å². The van der Waals surface area contributed by atoms with Gasteiger partial charge in [-0.15, -0.1) is 0 Å². The maximum atomic E-state index is 12.7. The number of carbonyl (C=O) groups excluding carboxylic acids is 1. The number of rotatable bonds is 5. The normalized spacial score (nSPS) is 11.3. The number of H-pyrrole nitrogens is 1. The highest BCUT2D eigenvalue weighted by atomic mass is 35.5. The van der Waals surface area contributed by atoms with Crippen LogP contribution in [-0.2, 0) is 11.0 Å². The third-order valence-electron chi connectivity index (χ3n) is 3.88. The molecule has 0 saturated heterocycles. The zero-order valence-corrected chi connectivity index (χ0v) is 15.4. The van der Waals surface area contributed by atoms with E-state index in [1.54, 1.807) is 31.2 Å². The van der Waals surface area contributed by atoms with Gasteiger partial charge in [0.15, 0.2) is 6.61 Å². The number of ether oxygens (including phenoxy) is 1.